The van der Waals surface area contributed by atoms with Crippen molar-refractivity contribution in [2.45, 2.75) is 33.9 Å². The van der Waals surface area contributed by atoms with E-state index in [1.165, 1.54) is 5.01 Å². The Morgan fingerprint density at radius 3 is 2.70 bits per heavy atom. The van der Waals surface area contributed by atoms with Crippen molar-refractivity contribution in [3.05, 3.63) is 59.8 Å². The van der Waals surface area contributed by atoms with Crippen LogP contribution in [0.3, 0.4) is 0 Å². The molecular weight excluding hydrogens is 420 g/mol. The largest absolute Gasteiger partial charge is 0.454 e. The first kappa shape index (κ1) is 21.1. The van der Waals surface area contributed by atoms with Gasteiger partial charge in [0.2, 0.25) is 12.7 Å². The fourth-order valence-electron chi connectivity index (χ4n) is 4.00. The second kappa shape index (κ2) is 7.95. The van der Waals surface area contributed by atoms with Crippen LogP contribution in [0.25, 0.3) is 10.9 Å². The number of amides is 2. The third-order valence-corrected chi connectivity index (χ3v) is 5.90. The number of hydrogen-bond donors (Lipinski definition) is 1. The molecule has 0 bridgehead atoms. The number of nitrogens with zero attached hydrogens (tertiary/aromatic N) is 3. The topological polar surface area (TPSA) is 85.2 Å². The smallest absolute Gasteiger partial charge is 0.291 e. The van der Waals surface area contributed by atoms with Crippen molar-refractivity contribution in [3.8, 4) is 11.5 Å². The van der Waals surface area contributed by atoms with Crippen LogP contribution in [0.5, 0.6) is 11.5 Å². The fourth-order valence-corrected chi connectivity index (χ4v) is 4.00. The standard InChI is InChI=1S/C25H26N4O4/c1-25(2,3)22-13-28-18-7-5-4-6-17(18)11-19(28)24(31)29(27-22)14-23(30)26-12-16-8-9-20-21(10-16)33-15-32-20/h4-11H,12-15H2,1-3H3,(H,26,30). The SMILES string of the molecule is CC(C)(C)C1=NN(CC(=O)NCc2ccc3c(c2)OCO3)C(=O)c2cc3ccccc3n2C1. The molecule has 0 unspecified atom stereocenters. The Morgan fingerprint density at radius 1 is 1.09 bits per heavy atom. The van der Waals surface area contributed by atoms with Crippen LogP contribution >= 0.6 is 0 Å². The first-order valence-electron chi connectivity index (χ1n) is 10.9. The molecular formula is C25H26N4O4. The van der Waals surface area contributed by atoms with Crippen LogP contribution in [0.4, 0.5) is 0 Å². The maximum atomic E-state index is 13.4. The normalized spacial score (nSPS) is 15.3. The van der Waals surface area contributed by atoms with Gasteiger partial charge in [-0.25, -0.2) is 5.01 Å². The summed E-state index contributed by atoms with van der Waals surface area (Å²) < 4.78 is 12.7. The van der Waals surface area contributed by atoms with E-state index in [-0.39, 0.29) is 30.6 Å². The first-order chi connectivity index (χ1) is 15.8. The summed E-state index contributed by atoms with van der Waals surface area (Å²) in [6.07, 6.45) is 0. The van der Waals surface area contributed by atoms with Gasteiger partial charge in [-0.3, -0.25) is 9.59 Å². The zero-order valence-corrected chi connectivity index (χ0v) is 18.9. The fraction of sp³-hybridized carbons (Fsp3) is 0.320. The molecule has 0 aliphatic carbocycles. The van der Waals surface area contributed by atoms with E-state index >= 15 is 0 Å². The molecule has 2 amide bonds. The van der Waals surface area contributed by atoms with Crippen molar-refractivity contribution in [2.24, 2.45) is 10.5 Å². The van der Waals surface area contributed by atoms with Gasteiger partial charge < -0.3 is 19.4 Å². The van der Waals surface area contributed by atoms with Crippen LogP contribution < -0.4 is 14.8 Å². The van der Waals surface area contributed by atoms with Crippen LogP contribution in [-0.2, 0) is 17.9 Å². The van der Waals surface area contributed by atoms with E-state index in [9.17, 15) is 9.59 Å². The summed E-state index contributed by atoms with van der Waals surface area (Å²) in [6, 6.07) is 15.3. The molecule has 1 aromatic heterocycles. The molecule has 2 aliphatic heterocycles. The average Bonchev–Trinajstić information content (AvgIpc) is 3.36. The summed E-state index contributed by atoms with van der Waals surface area (Å²) in [4.78, 5) is 26.2. The highest BCUT2D eigenvalue weighted by Gasteiger charge is 2.31. The molecule has 0 radical (unpaired) electrons. The lowest BCUT2D eigenvalue weighted by atomic mass is 9.90. The van der Waals surface area contributed by atoms with E-state index in [1.54, 1.807) is 0 Å². The summed E-state index contributed by atoms with van der Waals surface area (Å²) in [5, 5.41) is 9.80. The molecule has 3 aromatic rings. The quantitative estimate of drug-likeness (QED) is 0.664. The zero-order chi connectivity index (χ0) is 23.2. The van der Waals surface area contributed by atoms with E-state index < -0.39 is 0 Å². The maximum absolute atomic E-state index is 13.4. The summed E-state index contributed by atoms with van der Waals surface area (Å²) in [7, 11) is 0. The number of rotatable bonds is 4. The van der Waals surface area contributed by atoms with E-state index in [1.807, 2.05) is 53.1 Å². The van der Waals surface area contributed by atoms with E-state index in [0.29, 0.717) is 30.3 Å². The second-order valence-electron chi connectivity index (χ2n) is 9.30. The lowest BCUT2D eigenvalue weighted by molar-refractivity contribution is -0.122. The van der Waals surface area contributed by atoms with E-state index in [2.05, 4.69) is 31.2 Å². The van der Waals surface area contributed by atoms with Gasteiger partial charge in [-0.05, 0) is 29.8 Å². The summed E-state index contributed by atoms with van der Waals surface area (Å²) in [5.74, 6) is 0.780. The molecule has 2 aliphatic rings. The van der Waals surface area contributed by atoms with Crippen LogP contribution in [0, 0.1) is 5.41 Å². The second-order valence-corrected chi connectivity index (χ2v) is 9.30. The Kier molecular flexibility index (Phi) is 5.08. The predicted octanol–water partition coefficient (Wildman–Crippen LogP) is 3.54. The highest BCUT2D eigenvalue weighted by atomic mass is 16.7. The van der Waals surface area contributed by atoms with Crippen molar-refractivity contribution in [3.63, 3.8) is 0 Å². The van der Waals surface area contributed by atoms with Crippen LogP contribution in [-0.4, -0.2) is 40.4 Å². The maximum Gasteiger partial charge on any atom is 0.291 e. The minimum absolute atomic E-state index is 0.162. The van der Waals surface area contributed by atoms with Gasteiger partial charge in [0.1, 0.15) is 12.2 Å². The van der Waals surface area contributed by atoms with Crippen molar-refractivity contribution < 1.29 is 19.1 Å². The summed E-state index contributed by atoms with van der Waals surface area (Å²) in [5.41, 5.74) is 2.96. The van der Waals surface area contributed by atoms with Gasteiger partial charge in [-0.2, -0.15) is 5.10 Å². The number of hydrazone groups is 1. The number of ether oxygens (including phenoxy) is 2. The monoisotopic (exact) mass is 446 g/mol. The van der Waals surface area contributed by atoms with Crippen molar-refractivity contribution in [1.82, 2.24) is 14.9 Å². The van der Waals surface area contributed by atoms with Crippen molar-refractivity contribution in [1.29, 1.82) is 0 Å². The predicted molar refractivity (Wildman–Crippen MR) is 124 cm³/mol. The molecule has 2 aromatic carbocycles. The number of carbonyl (C=O) groups is 2. The van der Waals surface area contributed by atoms with Gasteiger partial charge in [-0.15, -0.1) is 0 Å². The van der Waals surface area contributed by atoms with Gasteiger partial charge in [0.05, 0.1) is 12.3 Å². The minimum atomic E-state index is -0.289. The lowest BCUT2D eigenvalue weighted by Crippen LogP contribution is -2.38. The molecule has 0 fully saturated rings. The molecule has 0 saturated carbocycles. The van der Waals surface area contributed by atoms with Crippen LogP contribution in [0.1, 0.15) is 36.8 Å². The van der Waals surface area contributed by atoms with Gasteiger partial charge in [0, 0.05) is 22.9 Å². The van der Waals surface area contributed by atoms with Crippen molar-refractivity contribution >= 4 is 28.4 Å². The van der Waals surface area contributed by atoms with Crippen molar-refractivity contribution in [2.75, 3.05) is 13.3 Å². The Labute approximate surface area is 191 Å². The number of aromatic nitrogens is 1. The average molecular weight is 447 g/mol. The lowest BCUT2D eigenvalue weighted by Gasteiger charge is -2.23. The molecule has 5 rings (SSSR count). The van der Waals surface area contributed by atoms with E-state index in [4.69, 9.17) is 9.47 Å². The molecule has 3 heterocycles. The number of benzene rings is 2. The number of nitrogens with one attached hydrogen (secondary N) is 1. The summed E-state index contributed by atoms with van der Waals surface area (Å²) in [6.45, 7) is 7.03. The summed E-state index contributed by atoms with van der Waals surface area (Å²) >= 11 is 0. The molecule has 8 nitrogen and oxygen atoms in total. The van der Waals surface area contributed by atoms with Gasteiger partial charge in [0.15, 0.2) is 11.5 Å². The molecule has 0 atom stereocenters. The van der Waals surface area contributed by atoms with E-state index in [0.717, 1.165) is 22.2 Å². The molecule has 1 N–H and O–H groups in total. The van der Waals surface area contributed by atoms with Gasteiger partial charge in [0.25, 0.3) is 5.91 Å². The molecule has 170 valence electrons. The first-order valence-corrected chi connectivity index (χ1v) is 10.9. The number of hydrogen-bond acceptors (Lipinski definition) is 5. The Balaban J connectivity index is 1.37. The third-order valence-electron chi connectivity index (χ3n) is 5.90. The Hall–Kier alpha value is -3.81. The molecule has 33 heavy (non-hydrogen) atoms. The van der Waals surface area contributed by atoms with Crippen LogP contribution in [0.2, 0.25) is 0 Å². The van der Waals surface area contributed by atoms with Gasteiger partial charge >= 0.3 is 0 Å². The number of carbonyl (C=O) groups excluding carboxylic acids is 2. The Morgan fingerprint density at radius 2 is 1.88 bits per heavy atom. The Bertz CT molecular complexity index is 1290. The minimum Gasteiger partial charge on any atom is -0.454 e. The number of para-hydroxylation sites is 1. The van der Waals surface area contributed by atoms with Gasteiger partial charge in [-0.1, -0.05) is 45.0 Å². The third kappa shape index (κ3) is 4.04. The number of fused-ring (bicyclic) bond motifs is 4. The highest BCUT2D eigenvalue weighted by molar-refractivity contribution is 6.03. The highest BCUT2D eigenvalue weighted by Crippen LogP contribution is 2.32. The molecule has 0 spiro atoms. The van der Waals surface area contributed by atoms with Crippen LogP contribution in [0.15, 0.2) is 53.6 Å². The molecule has 8 heteroatoms. The molecule has 0 saturated heterocycles. The zero-order valence-electron chi connectivity index (χ0n) is 18.9.